The molecule has 0 aromatic carbocycles. The molecule has 2 aromatic rings. The number of rotatable bonds is 9. The summed E-state index contributed by atoms with van der Waals surface area (Å²) in [7, 11) is -6.28. The second kappa shape index (κ2) is 12.7. The lowest BCUT2D eigenvalue weighted by Gasteiger charge is -2.33. The Bertz CT molecular complexity index is 1440. The average Bonchev–Trinajstić information content (AvgIpc) is 3.14. The van der Waals surface area contributed by atoms with E-state index in [9.17, 15) is 18.0 Å². The fraction of sp³-hybridized carbons (Fsp3) is 0.571. The van der Waals surface area contributed by atoms with E-state index in [1.54, 1.807) is 17.0 Å². The second-order valence-corrected chi connectivity index (χ2v) is 20.6. The van der Waals surface area contributed by atoms with Crippen molar-refractivity contribution in [1.82, 2.24) is 19.6 Å². The van der Waals surface area contributed by atoms with Crippen molar-refractivity contribution >= 4 is 64.3 Å². The summed E-state index contributed by atoms with van der Waals surface area (Å²) in [6.45, 7) is 16.9. The highest BCUT2D eigenvalue weighted by Crippen LogP contribution is 2.36. The molecule has 2 N–H and O–H groups in total. The van der Waals surface area contributed by atoms with Crippen LogP contribution in [0.4, 0.5) is 10.6 Å². The van der Waals surface area contributed by atoms with Gasteiger partial charge in [0.15, 0.2) is 5.03 Å². The van der Waals surface area contributed by atoms with Crippen LogP contribution in [0.1, 0.15) is 64.2 Å². The van der Waals surface area contributed by atoms with Crippen molar-refractivity contribution in [1.29, 1.82) is 0 Å². The molecule has 0 aliphatic carbocycles. The number of pyridine rings is 2. The minimum absolute atomic E-state index is 0.0725. The maximum Gasteiger partial charge on any atom is 0.410 e. The highest BCUT2D eigenvalue weighted by atomic mass is 35.5. The van der Waals surface area contributed by atoms with Crippen molar-refractivity contribution in [2.24, 2.45) is 5.92 Å². The molecule has 0 spiro atoms. The highest BCUT2D eigenvalue weighted by molar-refractivity contribution is 7.90. The van der Waals surface area contributed by atoms with Crippen molar-refractivity contribution in [2.75, 3.05) is 18.4 Å². The zero-order valence-corrected chi connectivity index (χ0v) is 28.8. The molecule has 0 radical (unpaired) electrons. The Hall–Kier alpha value is -2.41. The SMILES string of the molecule is CC(C)(C)OC(=O)N1C[C@@H](CCCNc2cccc(S(=O)(=O)NC(=O)c3cc([Si](C)(C)C)c(Cl)nc3Cl)n2)CC1(C)C. The molecule has 1 atom stereocenters. The van der Waals surface area contributed by atoms with E-state index in [0.29, 0.717) is 30.0 Å². The van der Waals surface area contributed by atoms with Gasteiger partial charge in [-0.3, -0.25) is 4.79 Å². The molecule has 1 aliphatic heterocycles. The van der Waals surface area contributed by atoms with Crippen LogP contribution in [0.5, 0.6) is 0 Å². The van der Waals surface area contributed by atoms with Crippen LogP contribution in [0.25, 0.3) is 0 Å². The zero-order chi connectivity index (χ0) is 31.7. The largest absolute Gasteiger partial charge is 0.444 e. The number of sulfonamides is 1. The van der Waals surface area contributed by atoms with Gasteiger partial charge in [0.1, 0.15) is 21.7 Å². The van der Waals surface area contributed by atoms with Crippen LogP contribution in [-0.2, 0) is 14.8 Å². The minimum atomic E-state index is -4.30. The van der Waals surface area contributed by atoms with Crippen molar-refractivity contribution in [2.45, 2.75) is 89.7 Å². The van der Waals surface area contributed by atoms with Gasteiger partial charge in [0, 0.05) is 18.6 Å². The molecule has 0 bridgehead atoms. The van der Waals surface area contributed by atoms with Crippen LogP contribution in [0.15, 0.2) is 29.3 Å². The monoisotopic (exact) mass is 657 g/mol. The summed E-state index contributed by atoms with van der Waals surface area (Å²) in [5, 5.41) is 3.56. The van der Waals surface area contributed by atoms with E-state index in [1.807, 2.05) is 59.0 Å². The molecule has 1 fully saturated rings. The van der Waals surface area contributed by atoms with Gasteiger partial charge in [-0.05, 0) is 83.2 Å². The standard InChI is InChI=1S/C28H41Cl2N5O5SSi/c1-27(2,3)40-26(37)35-17-18(16-28(35,4)5)11-10-14-31-21-12-9-13-22(32-21)41(38,39)34-25(36)19-15-20(42(6,7)8)24(30)33-23(19)29/h9,12-13,15,18H,10-11,14,16-17H2,1-8H3,(H,31,32)(H,34,36)/t18-/m0/s1. The van der Waals surface area contributed by atoms with Crippen LogP contribution in [-0.4, -0.2) is 67.6 Å². The van der Waals surface area contributed by atoms with E-state index in [4.69, 9.17) is 27.9 Å². The number of nitrogens with one attached hydrogen (secondary N) is 2. The number of aromatic nitrogens is 2. The Morgan fingerprint density at radius 2 is 1.81 bits per heavy atom. The zero-order valence-electron chi connectivity index (χ0n) is 25.5. The van der Waals surface area contributed by atoms with E-state index in [0.717, 1.165) is 19.3 Å². The van der Waals surface area contributed by atoms with Gasteiger partial charge in [-0.2, -0.15) is 8.42 Å². The van der Waals surface area contributed by atoms with Crippen molar-refractivity contribution in [3.8, 4) is 0 Å². The number of hydrogen-bond acceptors (Lipinski definition) is 8. The van der Waals surface area contributed by atoms with E-state index in [1.165, 1.54) is 12.1 Å². The van der Waals surface area contributed by atoms with Gasteiger partial charge in [-0.25, -0.2) is 19.5 Å². The quantitative estimate of drug-likeness (QED) is 0.200. The summed E-state index contributed by atoms with van der Waals surface area (Å²) >= 11 is 12.4. The lowest BCUT2D eigenvalue weighted by Crippen LogP contribution is -2.45. The maximum absolute atomic E-state index is 13.0. The molecule has 2 amide bonds. The summed E-state index contributed by atoms with van der Waals surface area (Å²) in [5.41, 5.74) is -0.918. The van der Waals surface area contributed by atoms with Gasteiger partial charge < -0.3 is 15.0 Å². The lowest BCUT2D eigenvalue weighted by atomic mass is 9.93. The minimum Gasteiger partial charge on any atom is -0.444 e. The Balaban J connectivity index is 1.59. The van der Waals surface area contributed by atoms with Gasteiger partial charge in [-0.1, -0.05) is 48.9 Å². The molecule has 2 aromatic heterocycles. The Morgan fingerprint density at radius 3 is 2.43 bits per heavy atom. The summed E-state index contributed by atoms with van der Waals surface area (Å²) in [6.07, 6.45) is 2.23. The summed E-state index contributed by atoms with van der Waals surface area (Å²) in [6, 6.07) is 6.02. The smallest absolute Gasteiger partial charge is 0.410 e. The van der Waals surface area contributed by atoms with Crippen molar-refractivity contribution in [3.05, 3.63) is 40.1 Å². The van der Waals surface area contributed by atoms with E-state index < -0.39 is 29.6 Å². The van der Waals surface area contributed by atoms with Crippen LogP contribution >= 0.6 is 23.2 Å². The molecule has 14 heteroatoms. The third kappa shape index (κ3) is 8.81. The fourth-order valence-corrected chi connectivity index (χ4v) is 8.32. The van der Waals surface area contributed by atoms with Gasteiger partial charge in [0.25, 0.3) is 15.9 Å². The number of anilines is 1. The second-order valence-electron chi connectivity index (χ2n) is 13.3. The first-order chi connectivity index (χ1) is 19.2. The summed E-state index contributed by atoms with van der Waals surface area (Å²) in [5.74, 6) is -0.233. The predicted molar refractivity (Wildman–Crippen MR) is 169 cm³/mol. The van der Waals surface area contributed by atoms with Crippen molar-refractivity contribution < 1.29 is 22.7 Å². The van der Waals surface area contributed by atoms with Gasteiger partial charge >= 0.3 is 6.09 Å². The number of ether oxygens (including phenoxy) is 1. The Labute approximate surface area is 260 Å². The number of hydrogen-bond donors (Lipinski definition) is 2. The molecule has 10 nitrogen and oxygen atoms in total. The predicted octanol–water partition coefficient (Wildman–Crippen LogP) is 5.68. The van der Waals surface area contributed by atoms with E-state index >= 15 is 0 Å². The lowest BCUT2D eigenvalue weighted by molar-refractivity contribution is 0.0130. The van der Waals surface area contributed by atoms with Crippen LogP contribution in [0, 0.1) is 5.92 Å². The third-order valence-corrected chi connectivity index (χ3v) is 10.8. The first-order valence-corrected chi connectivity index (χ1v) is 19.6. The Kier molecular flexibility index (Phi) is 10.3. The van der Waals surface area contributed by atoms with Crippen molar-refractivity contribution in [3.63, 3.8) is 0 Å². The molecular weight excluding hydrogens is 617 g/mol. The molecule has 232 valence electrons. The first kappa shape index (κ1) is 34.1. The van der Waals surface area contributed by atoms with Gasteiger partial charge in [-0.15, -0.1) is 0 Å². The summed E-state index contributed by atoms with van der Waals surface area (Å²) in [4.78, 5) is 35.7. The summed E-state index contributed by atoms with van der Waals surface area (Å²) < 4.78 is 33.7. The molecule has 1 aliphatic rings. The number of carbonyl (C=O) groups is 2. The van der Waals surface area contributed by atoms with E-state index in [-0.39, 0.29) is 32.5 Å². The topological polar surface area (TPSA) is 131 Å². The van der Waals surface area contributed by atoms with Crippen LogP contribution in [0.2, 0.25) is 29.9 Å². The molecule has 3 rings (SSSR count). The average molecular weight is 659 g/mol. The van der Waals surface area contributed by atoms with Crippen LogP contribution < -0.4 is 15.2 Å². The molecule has 0 unspecified atom stereocenters. The third-order valence-electron chi connectivity index (χ3n) is 6.88. The highest BCUT2D eigenvalue weighted by Gasteiger charge is 2.42. The number of amides is 2. The maximum atomic E-state index is 13.0. The molecular formula is C28H41Cl2N5O5SSi. The van der Waals surface area contributed by atoms with Gasteiger partial charge in [0.05, 0.1) is 13.6 Å². The number of likely N-dealkylation sites (tertiary alicyclic amines) is 1. The number of carbonyl (C=O) groups excluding carboxylic acids is 2. The van der Waals surface area contributed by atoms with E-state index in [2.05, 4.69) is 15.3 Å². The normalized spacial score (nSPS) is 17.2. The van der Waals surface area contributed by atoms with Gasteiger partial charge in [0.2, 0.25) is 0 Å². The molecule has 0 saturated carbocycles. The molecule has 42 heavy (non-hydrogen) atoms. The first-order valence-electron chi connectivity index (χ1n) is 13.8. The van der Waals surface area contributed by atoms with Crippen LogP contribution in [0.3, 0.4) is 0 Å². The Morgan fingerprint density at radius 1 is 1.14 bits per heavy atom. The molecule has 1 saturated heterocycles. The number of nitrogens with zero attached hydrogens (tertiary/aromatic N) is 3. The fourth-order valence-electron chi connectivity index (χ4n) is 4.87. The number of halogens is 2. The molecule has 3 heterocycles.